The predicted octanol–water partition coefficient (Wildman–Crippen LogP) is 1.18. The van der Waals surface area contributed by atoms with E-state index in [-0.39, 0.29) is 11.4 Å². The zero-order chi connectivity index (χ0) is 8.43. The molecular formula is C6H4ClFN2O. The number of nitrogens with two attached hydrogens (primary N) is 1. The minimum absolute atomic E-state index is 0.0177. The number of carbonyl (C=O) groups is 1. The Morgan fingerprint density at radius 3 is 2.73 bits per heavy atom. The van der Waals surface area contributed by atoms with Gasteiger partial charge in [0.1, 0.15) is 5.82 Å². The third kappa shape index (κ3) is 1.65. The second kappa shape index (κ2) is 2.84. The quantitative estimate of drug-likeness (QED) is 0.514. The summed E-state index contributed by atoms with van der Waals surface area (Å²) in [7, 11) is 0. The Labute approximate surface area is 67.0 Å². The number of nitrogens with zero attached hydrogens (tertiary/aromatic N) is 1. The first-order valence-corrected chi connectivity index (χ1v) is 3.11. The molecule has 0 saturated heterocycles. The van der Waals surface area contributed by atoms with Crippen molar-refractivity contribution in [2.45, 2.75) is 0 Å². The van der Waals surface area contributed by atoms with Crippen molar-refractivity contribution in [1.82, 2.24) is 4.98 Å². The fourth-order valence-electron chi connectivity index (χ4n) is 0.595. The van der Waals surface area contributed by atoms with Crippen LogP contribution in [-0.2, 0) is 0 Å². The van der Waals surface area contributed by atoms with Gasteiger partial charge in [-0.2, -0.15) is 4.39 Å². The number of anilines is 1. The van der Waals surface area contributed by atoms with Crippen LogP contribution >= 0.6 is 11.6 Å². The summed E-state index contributed by atoms with van der Waals surface area (Å²) in [5.74, 6) is -0.922. The van der Waals surface area contributed by atoms with E-state index in [1.165, 1.54) is 12.1 Å². The van der Waals surface area contributed by atoms with Gasteiger partial charge in [-0.05, 0) is 23.7 Å². The van der Waals surface area contributed by atoms with Crippen molar-refractivity contribution in [1.29, 1.82) is 0 Å². The first-order valence-electron chi connectivity index (χ1n) is 2.73. The number of nitrogen functional groups attached to an aromatic ring is 1. The van der Waals surface area contributed by atoms with Gasteiger partial charge in [-0.1, -0.05) is 0 Å². The van der Waals surface area contributed by atoms with Gasteiger partial charge in [-0.3, -0.25) is 4.79 Å². The van der Waals surface area contributed by atoms with Crippen molar-refractivity contribution in [3.63, 3.8) is 0 Å². The normalized spacial score (nSPS) is 9.64. The highest BCUT2D eigenvalue weighted by atomic mass is 35.5. The minimum Gasteiger partial charge on any atom is -0.384 e. The number of rotatable bonds is 1. The van der Waals surface area contributed by atoms with E-state index in [0.29, 0.717) is 0 Å². The molecule has 0 aromatic carbocycles. The third-order valence-corrected chi connectivity index (χ3v) is 1.29. The summed E-state index contributed by atoms with van der Waals surface area (Å²) in [5.41, 5.74) is 4.86. The van der Waals surface area contributed by atoms with Gasteiger partial charge in [0.25, 0.3) is 5.24 Å². The molecule has 58 valence electrons. The van der Waals surface area contributed by atoms with Crippen LogP contribution in [0.4, 0.5) is 10.2 Å². The van der Waals surface area contributed by atoms with Gasteiger partial charge in [0.2, 0.25) is 5.95 Å². The van der Waals surface area contributed by atoms with Crippen LogP contribution in [0.5, 0.6) is 0 Å². The second-order valence-corrected chi connectivity index (χ2v) is 2.19. The topological polar surface area (TPSA) is 56.0 Å². The van der Waals surface area contributed by atoms with Crippen LogP contribution in [0, 0.1) is 5.95 Å². The summed E-state index contributed by atoms with van der Waals surface area (Å²) < 4.78 is 12.6. The van der Waals surface area contributed by atoms with Crippen molar-refractivity contribution in [2.75, 3.05) is 5.73 Å². The molecule has 1 rings (SSSR count). The van der Waals surface area contributed by atoms with E-state index >= 15 is 0 Å². The van der Waals surface area contributed by atoms with E-state index in [9.17, 15) is 9.18 Å². The van der Waals surface area contributed by atoms with E-state index in [2.05, 4.69) is 4.98 Å². The minimum atomic E-state index is -0.940. The SMILES string of the molecule is Nc1ccc(C(=O)Cl)c(F)n1. The summed E-state index contributed by atoms with van der Waals surface area (Å²) in [4.78, 5) is 13.6. The van der Waals surface area contributed by atoms with Crippen molar-refractivity contribution in [3.8, 4) is 0 Å². The molecule has 0 spiro atoms. The lowest BCUT2D eigenvalue weighted by Gasteiger charge is -1.95. The van der Waals surface area contributed by atoms with Gasteiger partial charge in [0.15, 0.2) is 0 Å². The zero-order valence-electron chi connectivity index (χ0n) is 5.34. The molecule has 0 aliphatic rings. The molecule has 1 aromatic rings. The molecule has 0 unspecified atom stereocenters. The van der Waals surface area contributed by atoms with E-state index in [1.807, 2.05) is 0 Å². The Balaban J connectivity index is 3.20. The van der Waals surface area contributed by atoms with Gasteiger partial charge in [0.05, 0.1) is 5.56 Å². The maximum absolute atomic E-state index is 12.6. The average Bonchev–Trinajstić information content (AvgIpc) is 1.85. The fourth-order valence-corrected chi connectivity index (χ4v) is 0.736. The molecule has 0 aliphatic carbocycles. The van der Waals surface area contributed by atoms with Crippen molar-refractivity contribution in [3.05, 3.63) is 23.6 Å². The molecule has 0 atom stereocenters. The first-order chi connectivity index (χ1) is 5.11. The van der Waals surface area contributed by atoms with Crippen LogP contribution < -0.4 is 5.73 Å². The maximum Gasteiger partial charge on any atom is 0.257 e. The average molecular weight is 175 g/mol. The Kier molecular flexibility index (Phi) is 2.05. The molecule has 0 aliphatic heterocycles. The van der Waals surface area contributed by atoms with Crippen LogP contribution in [0.2, 0.25) is 0 Å². The molecule has 5 heteroatoms. The molecule has 11 heavy (non-hydrogen) atoms. The highest BCUT2D eigenvalue weighted by molar-refractivity contribution is 6.67. The number of halogens is 2. The van der Waals surface area contributed by atoms with Gasteiger partial charge in [-0.25, -0.2) is 4.98 Å². The Morgan fingerprint density at radius 1 is 1.64 bits per heavy atom. The molecular weight excluding hydrogens is 171 g/mol. The first kappa shape index (κ1) is 7.94. The molecule has 3 nitrogen and oxygen atoms in total. The van der Waals surface area contributed by atoms with Crippen molar-refractivity contribution < 1.29 is 9.18 Å². The monoisotopic (exact) mass is 174 g/mol. The molecule has 0 radical (unpaired) electrons. The zero-order valence-corrected chi connectivity index (χ0v) is 6.10. The molecule has 2 N–H and O–H groups in total. The summed E-state index contributed by atoms with van der Waals surface area (Å²) in [6.07, 6.45) is 0. The Morgan fingerprint density at radius 2 is 2.27 bits per heavy atom. The van der Waals surface area contributed by atoms with E-state index in [0.717, 1.165) is 0 Å². The largest absolute Gasteiger partial charge is 0.384 e. The number of pyridine rings is 1. The van der Waals surface area contributed by atoms with Crippen LogP contribution in [-0.4, -0.2) is 10.2 Å². The molecule has 0 fully saturated rings. The summed E-state index contributed by atoms with van der Waals surface area (Å²) in [6, 6.07) is 2.49. The number of hydrogen-bond donors (Lipinski definition) is 1. The lowest BCUT2D eigenvalue weighted by Crippen LogP contribution is -2.00. The number of hydrogen-bond acceptors (Lipinski definition) is 3. The summed E-state index contributed by atoms with van der Waals surface area (Å²) in [5, 5.41) is -0.880. The molecule has 0 amide bonds. The standard InChI is InChI=1S/C6H4ClFN2O/c7-5(11)3-1-2-4(9)10-6(3)8/h1-2H,(H2,9,10). The number of carbonyl (C=O) groups excluding carboxylic acids is 1. The highest BCUT2D eigenvalue weighted by Gasteiger charge is 2.09. The smallest absolute Gasteiger partial charge is 0.257 e. The fraction of sp³-hybridized carbons (Fsp3) is 0. The third-order valence-electron chi connectivity index (χ3n) is 1.08. The lowest BCUT2D eigenvalue weighted by atomic mass is 10.3. The van der Waals surface area contributed by atoms with Gasteiger partial charge < -0.3 is 5.73 Å². The summed E-state index contributed by atoms with van der Waals surface area (Å²) in [6.45, 7) is 0. The second-order valence-electron chi connectivity index (χ2n) is 1.85. The van der Waals surface area contributed by atoms with Gasteiger partial charge >= 0.3 is 0 Å². The molecule has 1 heterocycles. The van der Waals surface area contributed by atoms with Crippen LogP contribution in [0.3, 0.4) is 0 Å². The van der Waals surface area contributed by atoms with Crippen LogP contribution in [0.15, 0.2) is 12.1 Å². The number of aromatic nitrogens is 1. The van der Waals surface area contributed by atoms with Gasteiger partial charge in [0, 0.05) is 0 Å². The van der Waals surface area contributed by atoms with Crippen molar-refractivity contribution in [2.24, 2.45) is 0 Å². The molecule has 0 saturated carbocycles. The van der Waals surface area contributed by atoms with E-state index in [4.69, 9.17) is 17.3 Å². The molecule has 1 aromatic heterocycles. The van der Waals surface area contributed by atoms with Crippen molar-refractivity contribution >= 4 is 22.7 Å². The van der Waals surface area contributed by atoms with E-state index < -0.39 is 11.2 Å². The van der Waals surface area contributed by atoms with Gasteiger partial charge in [-0.15, -0.1) is 0 Å². The lowest BCUT2D eigenvalue weighted by molar-refractivity contribution is 0.107. The van der Waals surface area contributed by atoms with Crippen LogP contribution in [0.25, 0.3) is 0 Å². The van der Waals surface area contributed by atoms with Crippen LogP contribution in [0.1, 0.15) is 10.4 Å². The highest BCUT2D eigenvalue weighted by Crippen LogP contribution is 2.09. The molecule has 0 bridgehead atoms. The van der Waals surface area contributed by atoms with E-state index in [1.54, 1.807) is 0 Å². The Hall–Kier alpha value is -1.16. The predicted molar refractivity (Wildman–Crippen MR) is 38.8 cm³/mol. The Bertz CT molecular complexity index is 303. The maximum atomic E-state index is 12.6. The summed E-state index contributed by atoms with van der Waals surface area (Å²) >= 11 is 5.00.